The van der Waals surface area contributed by atoms with Crippen LogP contribution in [0.2, 0.25) is 5.02 Å². The van der Waals surface area contributed by atoms with Gasteiger partial charge in [0.05, 0.1) is 18.0 Å². The van der Waals surface area contributed by atoms with E-state index in [4.69, 9.17) is 30.8 Å². The summed E-state index contributed by atoms with van der Waals surface area (Å²) in [6, 6.07) is 8.99. The molecule has 0 fully saturated rings. The second-order valence-electron chi connectivity index (χ2n) is 6.72. The minimum Gasteiger partial charge on any atom is -0.493 e. The quantitative estimate of drug-likeness (QED) is 0.659. The highest BCUT2D eigenvalue weighted by molar-refractivity contribution is 6.31. The SMILES string of the molecule is COc1cc(/C=C2\CCn3c2nc2cc(Cl)ccc2c3=O)cc2c1OCCO2. The van der Waals surface area contributed by atoms with Crippen LogP contribution in [0.25, 0.3) is 22.6 Å². The van der Waals surface area contributed by atoms with Crippen molar-refractivity contribution in [3.63, 3.8) is 0 Å². The molecule has 0 amide bonds. The van der Waals surface area contributed by atoms with Crippen molar-refractivity contribution < 1.29 is 14.2 Å². The Morgan fingerprint density at radius 2 is 2.07 bits per heavy atom. The van der Waals surface area contributed by atoms with Gasteiger partial charge in [-0.3, -0.25) is 9.36 Å². The number of rotatable bonds is 2. The van der Waals surface area contributed by atoms with Crippen molar-refractivity contribution in [1.82, 2.24) is 9.55 Å². The zero-order valence-electron chi connectivity index (χ0n) is 15.2. The van der Waals surface area contributed by atoms with Crippen LogP contribution in [0, 0.1) is 0 Å². The Morgan fingerprint density at radius 1 is 1.21 bits per heavy atom. The van der Waals surface area contributed by atoms with Gasteiger partial charge in [0.15, 0.2) is 11.5 Å². The standard InChI is InChI=1S/C21H17ClN2O4/c1-26-17-9-12(10-18-19(17)28-7-6-27-18)8-13-4-5-24-20(13)23-16-11-14(22)2-3-15(16)21(24)25/h2-3,8-11H,4-7H2,1H3/b13-8+. The van der Waals surface area contributed by atoms with Crippen LogP contribution >= 0.6 is 11.6 Å². The molecule has 2 aliphatic heterocycles. The second-order valence-corrected chi connectivity index (χ2v) is 7.16. The molecule has 2 aromatic carbocycles. The lowest BCUT2D eigenvalue weighted by atomic mass is 10.1. The Balaban J connectivity index is 1.64. The molecule has 2 aliphatic rings. The summed E-state index contributed by atoms with van der Waals surface area (Å²) in [6.07, 6.45) is 2.74. The minimum absolute atomic E-state index is 0.0418. The van der Waals surface area contributed by atoms with Gasteiger partial charge in [-0.15, -0.1) is 0 Å². The molecule has 0 unspecified atom stereocenters. The normalized spacial score (nSPS) is 16.4. The van der Waals surface area contributed by atoms with Crippen LogP contribution in [0.4, 0.5) is 0 Å². The van der Waals surface area contributed by atoms with Gasteiger partial charge in [0.1, 0.15) is 19.0 Å². The average Bonchev–Trinajstić information content (AvgIpc) is 3.10. The third kappa shape index (κ3) is 2.72. The van der Waals surface area contributed by atoms with E-state index >= 15 is 0 Å². The lowest BCUT2D eigenvalue weighted by Crippen LogP contribution is -2.20. The van der Waals surface area contributed by atoms with E-state index in [1.54, 1.807) is 29.9 Å². The second kappa shape index (κ2) is 6.56. The van der Waals surface area contributed by atoms with Crippen molar-refractivity contribution in [2.24, 2.45) is 0 Å². The summed E-state index contributed by atoms with van der Waals surface area (Å²) in [5, 5.41) is 1.14. The molecule has 0 bridgehead atoms. The van der Waals surface area contributed by atoms with Gasteiger partial charge in [0.2, 0.25) is 5.75 Å². The highest BCUT2D eigenvalue weighted by Crippen LogP contribution is 2.41. The molecule has 0 saturated heterocycles. The molecule has 0 atom stereocenters. The fourth-order valence-corrected chi connectivity index (χ4v) is 3.87. The Bertz CT molecular complexity index is 1180. The van der Waals surface area contributed by atoms with Gasteiger partial charge in [0, 0.05) is 11.6 Å². The molecule has 6 nitrogen and oxygen atoms in total. The third-order valence-electron chi connectivity index (χ3n) is 5.00. The molecular formula is C21H17ClN2O4. The smallest absolute Gasteiger partial charge is 0.261 e. The highest BCUT2D eigenvalue weighted by Gasteiger charge is 2.22. The zero-order chi connectivity index (χ0) is 19.3. The van der Waals surface area contributed by atoms with Crippen LogP contribution in [-0.4, -0.2) is 29.9 Å². The van der Waals surface area contributed by atoms with Crippen molar-refractivity contribution in [2.45, 2.75) is 13.0 Å². The van der Waals surface area contributed by atoms with E-state index < -0.39 is 0 Å². The van der Waals surface area contributed by atoms with Crippen molar-refractivity contribution in [3.8, 4) is 17.2 Å². The molecule has 0 spiro atoms. The van der Waals surface area contributed by atoms with Crippen LogP contribution in [0.1, 0.15) is 17.8 Å². The number of ether oxygens (including phenoxy) is 3. The van der Waals surface area contributed by atoms with Gasteiger partial charge in [-0.2, -0.15) is 0 Å². The number of fused-ring (bicyclic) bond motifs is 3. The molecule has 142 valence electrons. The van der Waals surface area contributed by atoms with Gasteiger partial charge in [-0.25, -0.2) is 4.98 Å². The molecule has 0 aliphatic carbocycles. The maximum absolute atomic E-state index is 12.8. The molecule has 0 N–H and O–H groups in total. The number of halogens is 1. The predicted molar refractivity (Wildman–Crippen MR) is 107 cm³/mol. The van der Waals surface area contributed by atoms with Crippen LogP contribution in [0.3, 0.4) is 0 Å². The van der Waals surface area contributed by atoms with E-state index in [9.17, 15) is 4.79 Å². The largest absolute Gasteiger partial charge is 0.493 e. The summed E-state index contributed by atoms with van der Waals surface area (Å²) in [4.78, 5) is 17.5. The van der Waals surface area contributed by atoms with E-state index in [0.717, 1.165) is 17.6 Å². The van der Waals surface area contributed by atoms with Crippen LogP contribution < -0.4 is 19.8 Å². The van der Waals surface area contributed by atoms with E-state index in [-0.39, 0.29) is 5.56 Å². The van der Waals surface area contributed by atoms with Gasteiger partial charge < -0.3 is 14.2 Å². The fraction of sp³-hybridized carbons (Fsp3) is 0.238. The third-order valence-corrected chi connectivity index (χ3v) is 5.24. The lowest BCUT2D eigenvalue weighted by molar-refractivity contribution is 0.165. The first-order valence-electron chi connectivity index (χ1n) is 9.03. The van der Waals surface area contributed by atoms with Crippen molar-refractivity contribution in [1.29, 1.82) is 0 Å². The molecule has 3 aromatic rings. The van der Waals surface area contributed by atoms with Gasteiger partial charge in [0.25, 0.3) is 5.56 Å². The monoisotopic (exact) mass is 396 g/mol. The Kier molecular flexibility index (Phi) is 4.02. The summed E-state index contributed by atoms with van der Waals surface area (Å²) < 4.78 is 18.5. The molecule has 0 radical (unpaired) electrons. The first-order valence-corrected chi connectivity index (χ1v) is 9.40. The number of hydrogen-bond donors (Lipinski definition) is 0. The number of aromatic nitrogens is 2. The van der Waals surface area contributed by atoms with Gasteiger partial charge in [-0.1, -0.05) is 11.6 Å². The van der Waals surface area contributed by atoms with Gasteiger partial charge >= 0.3 is 0 Å². The Labute approximate surface area is 165 Å². The molecule has 3 heterocycles. The first kappa shape index (κ1) is 17.1. The predicted octanol–water partition coefficient (Wildman–Crippen LogP) is 3.77. The van der Waals surface area contributed by atoms with E-state index in [1.807, 2.05) is 18.2 Å². The highest BCUT2D eigenvalue weighted by atomic mass is 35.5. The van der Waals surface area contributed by atoms with Crippen molar-refractivity contribution in [3.05, 3.63) is 57.1 Å². The number of benzene rings is 2. The van der Waals surface area contributed by atoms with Crippen molar-refractivity contribution >= 4 is 34.2 Å². The minimum atomic E-state index is -0.0418. The summed E-state index contributed by atoms with van der Waals surface area (Å²) in [5.41, 5.74) is 2.46. The molecular weight excluding hydrogens is 380 g/mol. The maximum Gasteiger partial charge on any atom is 0.261 e. The molecule has 28 heavy (non-hydrogen) atoms. The first-order chi connectivity index (χ1) is 13.6. The molecule has 1 aromatic heterocycles. The summed E-state index contributed by atoms with van der Waals surface area (Å²) in [7, 11) is 1.60. The van der Waals surface area contributed by atoms with E-state index in [0.29, 0.717) is 58.8 Å². The number of nitrogens with zero attached hydrogens (tertiary/aromatic N) is 2. The zero-order valence-corrected chi connectivity index (χ0v) is 16.0. The van der Waals surface area contributed by atoms with Crippen LogP contribution in [0.15, 0.2) is 35.1 Å². The van der Waals surface area contributed by atoms with Gasteiger partial charge in [-0.05, 0) is 54.0 Å². The summed E-state index contributed by atoms with van der Waals surface area (Å²) in [6.45, 7) is 1.61. The molecule has 0 saturated carbocycles. The van der Waals surface area contributed by atoms with Crippen LogP contribution in [-0.2, 0) is 6.54 Å². The molecule has 7 heteroatoms. The van der Waals surface area contributed by atoms with Crippen molar-refractivity contribution in [2.75, 3.05) is 20.3 Å². The summed E-state index contributed by atoms with van der Waals surface area (Å²) in [5.74, 6) is 2.58. The van der Waals surface area contributed by atoms with Crippen LogP contribution in [0.5, 0.6) is 17.2 Å². The summed E-state index contributed by atoms with van der Waals surface area (Å²) >= 11 is 6.09. The number of hydrogen-bond acceptors (Lipinski definition) is 5. The van der Waals surface area contributed by atoms with E-state index in [2.05, 4.69) is 0 Å². The number of methoxy groups -OCH3 is 1. The fourth-order valence-electron chi connectivity index (χ4n) is 3.71. The Morgan fingerprint density at radius 3 is 2.93 bits per heavy atom. The average molecular weight is 397 g/mol. The number of allylic oxidation sites excluding steroid dienone is 1. The van der Waals surface area contributed by atoms with E-state index in [1.165, 1.54) is 0 Å². The maximum atomic E-state index is 12.8. The Hall–Kier alpha value is -2.99. The topological polar surface area (TPSA) is 62.6 Å². The lowest BCUT2D eigenvalue weighted by Gasteiger charge is -2.21. The molecule has 5 rings (SSSR count).